The fourth-order valence-corrected chi connectivity index (χ4v) is 3.04. The normalized spacial score (nSPS) is 16.8. The topological polar surface area (TPSA) is 60.1 Å². The number of hydrogen-bond acceptors (Lipinski definition) is 3. The minimum Gasteiger partial charge on any atom is -0.469 e. The number of nitrogens with one attached hydrogen (secondary N) is 1. The van der Waals surface area contributed by atoms with E-state index in [0.29, 0.717) is 5.69 Å². The summed E-state index contributed by atoms with van der Waals surface area (Å²) in [5.74, 6) is 0.829. The summed E-state index contributed by atoms with van der Waals surface area (Å²) in [5.41, 5.74) is 2.44. The molecule has 1 unspecified atom stereocenters. The third-order valence-electron chi connectivity index (χ3n) is 4.20. The van der Waals surface area contributed by atoms with Crippen LogP contribution in [0.25, 0.3) is 5.69 Å². The Morgan fingerprint density at radius 3 is 2.96 bits per heavy atom. The van der Waals surface area contributed by atoms with Gasteiger partial charge in [-0.1, -0.05) is 18.2 Å². The van der Waals surface area contributed by atoms with E-state index < -0.39 is 0 Å². The second-order valence-electron chi connectivity index (χ2n) is 5.70. The van der Waals surface area contributed by atoms with Crippen molar-refractivity contribution in [2.75, 3.05) is 0 Å². The van der Waals surface area contributed by atoms with Crippen LogP contribution in [-0.2, 0) is 6.42 Å². The number of amides is 1. The van der Waals surface area contributed by atoms with Crippen LogP contribution in [-0.4, -0.2) is 15.7 Å². The zero-order valence-electron chi connectivity index (χ0n) is 12.6. The van der Waals surface area contributed by atoms with Crippen LogP contribution in [0.1, 0.15) is 40.7 Å². The molecule has 1 aliphatic rings. The van der Waals surface area contributed by atoms with Crippen LogP contribution in [0.3, 0.4) is 0 Å². The molecule has 116 valence electrons. The number of carbonyl (C=O) groups excluding carboxylic acids is 1. The van der Waals surface area contributed by atoms with E-state index in [4.69, 9.17) is 4.42 Å². The van der Waals surface area contributed by atoms with Gasteiger partial charge in [-0.2, -0.15) is 5.10 Å². The molecule has 1 atom stereocenters. The number of aryl methyl sites for hydroxylation is 1. The summed E-state index contributed by atoms with van der Waals surface area (Å²) in [5, 5.41) is 7.44. The number of furan rings is 1. The zero-order chi connectivity index (χ0) is 15.6. The number of fused-ring (bicyclic) bond motifs is 1. The Balaban J connectivity index is 1.52. The molecule has 0 fully saturated rings. The molecule has 5 nitrogen and oxygen atoms in total. The lowest BCUT2D eigenvalue weighted by molar-refractivity contribution is 0.0926. The maximum atomic E-state index is 12.5. The van der Waals surface area contributed by atoms with Crippen LogP contribution in [0.2, 0.25) is 0 Å². The van der Waals surface area contributed by atoms with Gasteiger partial charge in [0.15, 0.2) is 5.69 Å². The molecule has 5 heteroatoms. The number of carbonyl (C=O) groups is 1. The van der Waals surface area contributed by atoms with Crippen molar-refractivity contribution in [2.24, 2.45) is 0 Å². The smallest absolute Gasteiger partial charge is 0.272 e. The molecule has 4 rings (SSSR count). The second kappa shape index (κ2) is 5.76. The fraction of sp³-hybridized carbons (Fsp3) is 0.222. The van der Waals surface area contributed by atoms with Gasteiger partial charge in [0.1, 0.15) is 5.76 Å². The molecule has 23 heavy (non-hydrogen) atoms. The Labute approximate surface area is 133 Å². The van der Waals surface area contributed by atoms with E-state index in [1.54, 1.807) is 23.2 Å². The maximum Gasteiger partial charge on any atom is 0.272 e. The Bertz CT molecular complexity index is 820. The van der Waals surface area contributed by atoms with Crippen molar-refractivity contribution in [3.8, 4) is 5.69 Å². The van der Waals surface area contributed by atoms with E-state index in [1.165, 1.54) is 0 Å². The monoisotopic (exact) mass is 307 g/mol. The first-order valence-corrected chi connectivity index (χ1v) is 7.79. The predicted octanol–water partition coefficient (Wildman–Crippen LogP) is 3.27. The molecule has 2 heterocycles. The summed E-state index contributed by atoms with van der Waals surface area (Å²) in [6, 6.07) is 13.4. The van der Waals surface area contributed by atoms with Gasteiger partial charge in [-0.3, -0.25) is 4.79 Å². The van der Waals surface area contributed by atoms with Gasteiger partial charge in [-0.05, 0) is 37.1 Å². The molecule has 3 aromatic rings. The Kier molecular flexibility index (Phi) is 3.46. The third-order valence-corrected chi connectivity index (χ3v) is 4.20. The molecule has 0 bridgehead atoms. The van der Waals surface area contributed by atoms with Crippen LogP contribution >= 0.6 is 0 Å². The average molecular weight is 307 g/mol. The van der Waals surface area contributed by atoms with Gasteiger partial charge >= 0.3 is 0 Å². The minimum atomic E-state index is -0.154. The van der Waals surface area contributed by atoms with E-state index in [-0.39, 0.29) is 11.9 Å². The van der Waals surface area contributed by atoms with Gasteiger partial charge in [-0.15, -0.1) is 0 Å². The van der Waals surface area contributed by atoms with E-state index >= 15 is 0 Å². The molecule has 1 aliphatic carbocycles. The van der Waals surface area contributed by atoms with Crippen LogP contribution in [0, 0.1) is 0 Å². The molecule has 0 saturated heterocycles. The molecule has 0 saturated carbocycles. The number of hydrogen-bond donors (Lipinski definition) is 1. The van der Waals surface area contributed by atoms with Crippen molar-refractivity contribution in [3.05, 3.63) is 71.9 Å². The highest BCUT2D eigenvalue weighted by atomic mass is 16.3. The summed E-state index contributed by atoms with van der Waals surface area (Å²) >= 11 is 0. The van der Waals surface area contributed by atoms with Gasteiger partial charge in [0.2, 0.25) is 0 Å². The van der Waals surface area contributed by atoms with Crippen LogP contribution in [0.4, 0.5) is 0 Å². The van der Waals surface area contributed by atoms with Crippen LogP contribution in [0.5, 0.6) is 0 Å². The number of para-hydroxylation sites is 1. The Morgan fingerprint density at radius 2 is 2.09 bits per heavy atom. The molecule has 0 radical (unpaired) electrons. The maximum absolute atomic E-state index is 12.5. The standard InChI is InChI=1S/C18H17N3O2/c22-18(19-15-7-4-8-17-14(15)10-12-23-17)16-9-11-21(20-16)13-5-2-1-3-6-13/h1-3,5-6,9-12,15H,4,7-8H2,(H,19,22). The van der Waals surface area contributed by atoms with Crippen LogP contribution < -0.4 is 5.32 Å². The van der Waals surface area contributed by atoms with Crippen molar-refractivity contribution in [1.82, 2.24) is 15.1 Å². The summed E-state index contributed by atoms with van der Waals surface area (Å²) < 4.78 is 7.17. The van der Waals surface area contributed by atoms with Crippen LogP contribution in [0.15, 0.2) is 59.3 Å². The van der Waals surface area contributed by atoms with Gasteiger partial charge in [-0.25, -0.2) is 4.68 Å². The molecule has 1 amide bonds. The predicted molar refractivity (Wildman–Crippen MR) is 85.4 cm³/mol. The summed E-state index contributed by atoms with van der Waals surface area (Å²) in [6.07, 6.45) is 6.38. The molecular weight excluding hydrogens is 290 g/mol. The van der Waals surface area contributed by atoms with E-state index in [9.17, 15) is 4.79 Å². The van der Waals surface area contributed by atoms with E-state index in [2.05, 4.69) is 10.4 Å². The number of rotatable bonds is 3. The van der Waals surface area contributed by atoms with Crippen molar-refractivity contribution < 1.29 is 9.21 Å². The SMILES string of the molecule is O=C(NC1CCCc2occc21)c1ccn(-c2ccccc2)n1. The van der Waals surface area contributed by atoms with Crippen molar-refractivity contribution in [1.29, 1.82) is 0 Å². The number of aromatic nitrogens is 2. The first kappa shape index (κ1) is 13.8. The quantitative estimate of drug-likeness (QED) is 0.808. The van der Waals surface area contributed by atoms with Crippen molar-refractivity contribution >= 4 is 5.91 Å². The van der Waals surface area contributed by atoms with E-state index in [1.807, 2.05) is 36.4 Å². The van der Waals surface area contributed by atoms with Gasteiger partial charge in [0.05, 0.1) is 18.0 Å². The van der Waals surface area contributed by atoms with E-state index in [0.717, 1.165) is 36.3 Å². The summed E-state index contributed by atoms with van der Waals surface area (Å²) in [6.45, 7) is 0. The highest BCUT2D eigenvalue weighted by Crippen LogP contribution is 2.30. The van der Waals surface area contributed by atoms with Crippen molar-refractivity contribution in [3.63, 3.8) is 0 Å². The molecule has 2 aromatic heterocycles. The lowest BCUT2D eigenvalue weighted by atomic mass is 9.93. The number of nitrogens with zero attached hydrogens (tertiary/aromatic N) is 2. The Morgan fingerprint density at radius 1 is 1.22 bits per heavy atom. The molecule has 0 spiro atoms. The largest absolute Gasteiger partial charge is 0.469 e. The molecule has 1 N–H and O–H groups in total. The van der Waals surface area contributed by atoms with Gasteiger partial charge < -0.3 is 9.73 Å². The minimum absolute atomic E-state index is 0.00637. The average Bonchev–Trinajstić information content (AvgIpc) is 3.25. The fourth-order valence-electron chi connectivity index (χ4n) is 3.04. The lowest BCUT2D eigenvalue weighted by Crippen LogP contribution is -2.30. The van der Waals surface area contributed by atoms with Crippen molar-refractivity contribution in [2.45, 2.75) is 25.3 Å². The van der Waals surface area contributed by atoms with Gasteiger partial charge in [0, 0.05) is 18.2 Å². The summed E-state index contributed by atoms with van der Waals surface area (Å²) in [4.78, 5) is 12.5. The molecule has 0 aliphatic heterocycles. The summed E-state index contributed by atoms with van der Waals surface area (Å²) in [7, 11) is 0. The van der Waals surface area contributed by atoms with Gasteiger partial charge in [0.25, 0.3) is 5.91 Å². The number of benzene rings is 1. The highest BCUT2D eigenvalue weighted by molar-refractivity contribution is 5.92. The first-order valence-electron chi connectivity index (χ1n) is 7.79. The highest BCUT2D eigenvalue weighted by Gasteiger charge is 2.25. The zero-order valence-corrected chi connectivity index (χ0v) is 12.6. The third kappa shape index (κ3) is 2.65. The second-order valence-corrected chi connectivity index (χ2v) is 5.70. The molecular formula is C18H17N3O2. The first-order chi connectivity index (χ1) is 11.3. The molecule has 1 aromatic carbocycles. The lowest BCUT2D eigenvalue weighted by Gasteiger charge is -2.22. The Hall–Kier alpha value is -2.82.